The van der Waals surface area contributed by atoms with Gasteiger partial charge >= 0.3 is 0 Å². The molecule has 3 nitrogen and oxygen atoms in total. The van der Waals surface area contributed by atoms with Crippen LogP contribution in [0, 0.1) is 5.41 Å². The van der Waals surface area contributed by atoms with E-state index in [9.17, 15) is 0 Å². The van der Waals surface area contributed by atoms with Gasteiger partial charge in [0.05, 0.1) is 6.10 Å². The largest absolute Gasteiger partial charge is 0.378 e. The zero-order valence-electron chi connectivity index (χ0n) is 11.0. The van der Waals surface area contributed by atoms with Crippen molar-refractivity contribution in [2.75, 3.05) is 26.2 Å². The second kappa shape index (κ2) is 4.28. The topological polar surface area (TPSA) is 38.5 Å². The van der Waals surface area contributed by atoms with E-state index >= 15 is 0 Å². The van der Waals surface area contributed by atoms with Gasteiger partial charge in [0.25, 0.3) is 0 Å². The molecular weight excluding hydrogens is 200 g/mol. The quantitative estimate of drug-likeness (QED) is 0.777. The van der Waals surface area contributed by atoms with Crippen LogP contribution >= 0.6 is 0 Å². The lowest BCUT2D eigenvalue weighted by Gasteiger charge is -2.46. The van der Waals surface area contributed by atoms with Crippen LogP contribution in [0.1, 0.15) is 40.0 Å². The van der Waals surface area contributed by atoms with Crippen LogP contribution in [0.5, 0.6) is 0 Å². The Morgan fingerprint density at radius 1 is 1.38 bits per heavy atom. The van der Waals surface area contributed by atoms with E-state index in [4.69, 9.17) is 10.5 Å². The van der Waals surface area contributed by atoms with E-state index in [-0.39, 0.29) is 5.54 Å². The lowest BCUT2D eigenvalue weighted by Crippen LogP contribution is -2.57. The summed E-state index contributed by atoms with van der Waals surface area (Å²) in [7, 11) is 0. The van der Waals surface area contributed by atoms with E-state index in [0.717, 1.165) is 26.0 Å². The SMILES string of the molecule is CC1CC(CN)(N2CCC(C)(C)C2)CCO1. The minimum atomic E-state index is 0.214. The summed E-state index contributed by atoms with van der Waals surface area (Å²) in [5.74, 6) is 0. The number of hydrogen-bond donors (Lipinski definition) is 1. The Morgan fingerprint density at radius 2 is 2.12 bits per heavy atom. The number of ether oxygens (including phenoxy) is 1. The number of hydrogen-bond acceptors (Lipinski definition) is 3. The van der Waals surface area contributed by atoms with E-state index in [1.807, 2.05) is 0 Å². The summed E-state index contributed by atoms with van der Waals surface area (Å²) in [5, 5.41) is 0. The highest BCUT2D eigenvalue weighted by Gasteiger charge is 2.44. The van der Waals surface area contributed by atoms with Gasteiger partial charge in [-0.1, -0.05) is 13.8 Å². The Labute approximate surface area is 99.3 Å². The molecule has 0 aromatic rings. The first-order valence-electron chi connectivity index (χ1n) is 6.54. The average Bonchev–Trinajstić information content (AvgIpc) is 2.59. The van der Waals surface area contributed by atoms with Crippen molar-refractivity contribution in [3.05, 3.63) is 0 Å². The Balaban J connectivity index is 2.09. The second-order valence-electron chi connectivity index (χ2n) is 6.40. The monoisotopic (exact) mass is 226 g/mol. The van der Waals surface area contributed by atoms with Crippen LogP contribution in [0.25, 0.3) is 0 Å². The van der Waals surface area contributed by atoms with Gasteiger partial charge in [0.15, 0.2) is 0 Å². The van der Waals surface area contributed by atoms with Crippen molar-refractivity contribution in [2.24, 2.45) is 11.1 Å². The molecule has 0 aromatic carbocycles. The summed E-state index contributed by atoms with van der Waals surface area (Å²) in [5.41, 5.74) is 6.75. The summed E-state index contributed by atoms with van der Waals surface area (Å²) >= 11 is 0. The molecule has 94 valence electrons. The minimum absolute atomic E-state index is 0.214. The third-order valence-corrected chi connectivity index (χ3v) is 4.37. The standard InChI is InChI=1S/C13H26N2O/c1-11-8-13(9-14,5-7-16-11)15-6-4-12(2,3)10-15/h11H,4-10,14H2,1-3H3. The molecule has 0 aliphatic carbocycles. The van der Waals surface area contributed by atoms with Crippen LogP contribution in [0.3, 0.4) is 0 Å². The molecule has 16 heavy (non-hydrogen) atoms. The molecule has 3 heteroatoms. The first-order chi connectivity index (χ1) is 7.47. The molecule has 2 aliphatic heterocycles. The second-order valence-corrected chi connectivity index (χ2v) is 6.40. The van der Waals surface area contributed by atoms with Crippen molar-refractivity contribution >= 4 is 0 Å². The Morgan fingerprint density at radius 3 is 2.62 bits per heavy atom. The molecular formula is C13H26N2O. The third kappa shape index (κ3) is 2.27. The number of nitrogens with zero attached hydrogens (tertiary/aromatic N) is 1. The van der Waals surface area contributed by atoms with Gasteiger partial charge in [0.2, 0.25) is 0 Å². The molecule has 2 fully saturated rings. The maximum absolute atomic E-state index is 6.07. The summed E-state index contributed by atoms with van der Waals surface area (Å²) in [6.45, 7) is 10.9. The Bertz CT molecular complexity index is 254. The van der Waals surface area contributed by atoms with Gasteiger partial charge in [-0.2, -0.15) is 0 Å². The van der Waals surface area contributed by atoms with E-state index in [1.54, 1.807) is 0 Å². The molecule has 0 bridgehead atoms. The van der Waals surface area contributed by atoms with E-state index in [1.165, 1.54) is 19.5 Å². The molecule has 0 saturated carbocycles. The van der Waals surface area contributed by atoms with E-state index in [0.29, 0.717) is 11.5 Å². The highest BCUT2D eigenvalue weighted by atomic mass is 16.5. The summed E-state index contributed by atoms with van der Waals surface area (Å²) < 4.78 is 5.66. The fraction of sp³-hybridized carbons (Fsp3) is 1.00. The van der Waals surface area contributed by atoms with Crippen molar-refractivity contribution in [1.82, 2.24) is 4.90 Å². The predicted molar refractivity (Wildman–Crippen MR) is 66.4 cm³/mol. The van der Waals surface area contributed by atoms with Crippen LogP contribution < -0.4 is 5.73 Å². The maximum Gasteiger partial charge on any atom is 0.0565 e. The van der Waals surface area contributed by atoms with Crippen LogP contribution in [-0.4, -0.2) is 42.8 Å². The molecule has 2 aliphatic rings. The number of likely N-dealkylation sites (tertiary alicyclic amines) is 1. The summed E-state index contributed by atoms with van der Waals surface area (Å²) in [6, 6.07) is 0. The lowest BCUT2D eigenvalue weighted by atomic mass is 9.85. The Kier molecular flexibility index (Phi) is 3.30. The number of nitrogens with two attached hydrogens (primary N) is 1. The molecule has 0 spiro atoms. The zero-order chi connectivity index (χ0) is 11.8. The van der Waals surface area contributed by atoms with Crippen molar-refractivity contribution < 1.29 is 4.74 Å². The van der Waals surface area contributed by atoms with Crippen molar-refractivity contribution in [3.8, 4) is 0 Å². The van der Waals surface area contributed by atoms with E-state index < -0.39 is 0 Å². The van der Waals surface area contributed by atoms with Gasteiger partial charge in [0, 0.05) is 25.2 Å². The summed E-state index contributed by atoms with van der Waals surface area (Å²) in [6.07, 6.45) is 3.86. The van der Waals surface area contributed by atoms with Crippen molar-refractivity contribution in [1.29, 1.82) is 0 Å². The van der Waals surface area contributed by atoms with Crippen LogP contribution in [0.2, 0.25) is 0 Å². The first-order valence-corrected chi connectivity index (χ1v) is 6.54. The normalized spacial score (nSPS) is 40.1. The number of rotatable bonds is 2. The summed E-state index contributed by atoms with van der Waals surface area (Å²) in [4.78, 5) is 2.63. The molecule has 0 aromatic heterocycles. The molecule has 0 amide bonds. The van der Waals surface area contributed by atoms with E-state index in [2.05, 4.69) is 25.7 Å². The minimum Gasteiger partial charge on any atom is -0.378 e. The zero-order valence-corrected chi connectivity index (χ0v) is 11.0. The molecule has 2 unspecified atom stereocenters. The smallest absolute Gasteiger partial charge is 0.0565 e. The van der Waals surface area contributed by atoms with Gasteiger partial charge in [-0.3, -0.25) is 4.90 Å². The van der Waals surface area contributed by atoms with Crippen LogP contribution in [0.15, 0.2) is 0 Å². The Hall–Kier alpha value is -0.120. The lowest BCUT2D eigenvalue weighted by molar-refractivity contribution is -0.0591. The van der Waals surface area contributed by atoms with Crippen molar-refractivity contribution in [2.45, 2.75) is 51.7 Å². The van der Waals surface area contributed by atoms with Gasteiger partial charge in [-0.15, -0.1) is 0 Å². The average molecular weight is 226 g/mol. The van der Waals surface area contributed by atoms with Gasteiger partial charge < -0.3 is 10.5 Å². The third-order valence-electron chi connectivity index (χ3n) is 4.37. The molecule has 2 rings (SSSR count). The van der Waals surface area contributed by atoms with Gasteiger partial charge in [0.1, 0.15) is 0 Å². The molecule has 2 heterocycles. The fourth-order valence-electron chi connectivity index (χ4n) is 3.27. The fourth-order valence-corrected chi connectivity index (χ4v) is 3.27. The molecule has 0 radical (unpaired) electrons. The molecule has 2 atom stereocenters. The van der Waals surface area contributed by atoms with Crippen LogP contribution in [0.4, 0.5) is 0 Å². The van der Waals surface area contributed by atoms with Gasteiger partial charge in [-0.25, -0.2) is 0 Å². The highest BCUT2D eigenvalue weighted by Crippen LogP contribution is 2.38. The molecule has 2 N–H and O–H groups in total. The van der Waals surface area contributed by atoms with Crippen LogP contribution in [-0.2, 0) is 4.74 Å². The maximum atomic E-state index is 6.07. The highest BCUT2D eigenvalue weighted by molar-refractivity contribution is 5.00. The predicted octanol–water partition coefficient (Wildman–Crippen LogP) is 1.61. The molecule has 2 saturated heterocycles. The van der Waals surface area contributed by atoms with Crippen molar-refractivity contribution in [3.63, 3.8) is 0 Å². The first kappa shape index (κ1) is 12.3. The van der Waals surface area contributed by atoms with Gasteiger partial charge in [-0.05, 0) is 38.1 Å².